The largest absolute Gasteiger partial charge is 0.472 e. The Morgan fingerprint density at radius 1 is 0.429 bits per heavy atom. The zero-order valence-corrected chi connectivity index (χ0v) is 44.0. The first-order chi connectivity index (χ1) is 30.6. The van der Waals surface area contributed by atoms with Crippen molar-refractivity contribution < 1.29 is 37.3 Å². The first kappa shape index (κ1) is 62.5. The van der Waals surface area contributed by atoms with Crippen molar-refractivity contribution >= 4 is 13.8 Å². The summed E-state index contributed by atoms with van der Waals surface area (Å²) in [5.41, 5.74) is 0. The number of unbranched alkanes of at least 4 members (excludes halogenated alkanes) is 39. The van der Waals surface area contributed by atoms with E-state index in [0.29, 0.717) is 24.1 Å². The van der Waals surface area contributed by atoms with Crippen LogP contribution in [-0.4, -0.2) is 75.6 Å². The Kier molecular flexibility index (Phi) is 47.6. The van der Waals surface area contributed by atoms with Crippen molar-refractivity contribution in [3.05, 3.63) is 0 Å². The van der Waals surface area contributed by atoms with Crippen LogP contribution >= 0.6 is 7.82 Å². The fourth-order valence-electron chi connectivity index (χ4n) is 8.38. The summed E-state index contributed by atoms with van der Waals surface area (Å²) < 4.78 is 35.2. The maximum absolute atomic E-state index is 12.8. The Balaban J connectivity index is 4.01. The van der Waals surface area contributed by atoms with Crippen LogP contribution in [0.2, 0.25) is 0 Å². The third kappa shape index (κ3) is 52.3. The van der Waals surface area contributed by atoms with Gasteiger partial charge in [-0.3, -0.25) is 13.8 Å². The van der Waals surface area contributed by atoms with E-state index in [9.17, 15) is 14.3 Å². The van der Waals surface area contributed by atoms with Gasteiger partial charge in [0, 0.05) is 13.0 Å². The second-order valence-corrected chi connectivity index (χ2v) is 21.8. The highest BCUT2D eigenvalue weighted by atomic mass is 31.2. The summed E-state index contributed by atoms with van der Waals surface area (Å²) in [6.45, 7) is 5.71. The van der Waals surface area contributed by atoms with Crippen molar-refractivity contribution in [2.45, 2.75) is 290 Å². The lowest BCUT2D eigenvalue weighted by Crippen LogP contribution is -2.37. The standard InChI is InChI=1S/C54H110NO7P/c1-6-8-10-12-14-16-18-20-22-24-25-26-27-28-29-30-31-33-35-37-39-41-43-45-47-54(56)62-53(52-61-63(57,58)60-50-48-55(3,4)5)51-59-49-46-44-42-40-38-36-34-32-23-21-19-17-15-13-11-9-7-2/h53H,6-52H2,1-5H3/p+1. The van der Waals surface area contributed by atoms with Crippen LogP contribution in [0.1, 0.15) is 284 Å². The third-order valence-corrected chi connectivity index (χ3v) is 13.7. The topological polar surface area (TPSA) is 91.3 Å². The Morgan fingerprint density at radius 3 is 1.05 bits per heavy atom. The van der Waals surface area contributed by atoms with Gasteiger partial charge in [-0.05, 0) is 12.8 Å². The van der Waals surface area contributed by atoms with Crippen molar-refractivity contribution in [1.82, 2.24) is 0 Å². The van der Waals surface area contributed by atoms with Crippen LogP contribution in [0.4, 0.5) is 0 Å². The van der Waals surface area contributed by atoms with E-state index in [2.05, 4.69) is 13.8 Å². The van der Waals surface area contributed by atoms with Crippen LogP contribution in [0.5, 0.6) is 0 Å². The van der Waals surface area contributed by atoms with Crippen molar-refractivity contribution in [2.75, 3.05) is 54.1 Å². The van der Waals surface area contributed by atoms with E-state index in [4.69, 9.17) is 18.5 Å². The molecule has 0 radical (unpaired) electrons. The first-order valence-electron chi connectivity index (χ1n) is 27.8. The van der Waals surface area contributed by atoms with Crippen LogP contribution in [0.15, 0.2) is 0 Å². The molecule has 0 aromatic carbocycles. The van der Waals surface area contributed by atoms with Crippen molar-refractivity contribution in [3.8, 4) is 0 Å². The minimum atomic E-state index is -4.27. The molecule has 0 fully saturated rings. The molecular formula is C54H111NO7P+. The van der Waals surface area contributed by atoms with Gasteiger partial charge in [0.05, 0.1) is 34.4 Å². The maximum Gasteiger partial charge on any atom is 0.472 e. The molecule has 0 rings (SSSR count). The van der Waals surface area contributed by atoms with Gasteiger partial charge >= 0.3 is 13.8 Å². The number of hydrogen-bond donors (Lipinski definition) is 1. The molecule has 0 aliphatic heterocycles. The molecule has 0 aliphatic rings. The molecule has 2 unspecified atom stereocenters. The van der Waals surface area contributed by atoms with E-state index in [1.165, 1.54) is 231 Å². The predicted molar refractivity (Wildman–Crippen MR) is 271 cm³/mol. The monoisotopic (exact) mass is 917 g/mol. The molecule has 0 aliphatic carbocycles. The Hall–Kier alpha value is -0.500. The van der Waals surface area contributed by atoms with E-state index in [1.807, 2.05) is 21.1 Å². The van der Waals surface area contributed by atoms with Crippen LogP contribution in [0.3, 0.4) is 0 Å². The number of quaternary nitrogens is 1. The molecule has 0 aromatic heterocycles. The van der Waals surface area contributed by atoms with Gasteiger partial charge in [0.15, 0.2) is 0 Å². The molecule has 0 spiro atoms. The minimum absolute atomic E-state index is 0.0943. The SMILES string of the molecule is CCCCCCCCCCCCCCCCCCCCCCCCCCC(=O)OC(COCCCCCCCCCCCCCCCCCCC)COP(=O)(O)OCC[N+](C)(C)C. The van der Waals surface area contributed by atoms with E-state index < -0.39 is 13.9 Å². The number of esters is 1. The summed E-state index contributed by atoms with van der Waals surface area (Å²) in [5.74, 6) is -0.303. The average Bonchev–Trinajstić information content (AvgIpc) is 3.24. The second kappa shape index (κ2) is 48.0. The van der Waals surface area contributed by atoms with Gasteiger partial charge in [-0.1, -0.05) is 264 Å². The number of ether oxygens (including phenoxy) is 2. The second-order valence-electron chi connectivity index (χ2n) is 20.3. The van der Waals surface area contributed by atoms with E-state index in [1.54, 1.807) is 0 Å². The van der Waals surface area contributed by atoms with Gasteiger partial charge in [-0.15, -0.1) is 0 Å². The molecule has 0 saturated carbocycles. The summed E-state index contributed by atoms with van der Waals surface area (Å²) >= 11 is 0. The van der Waals surface area contributed by atoms with E-state index in [-0.39, 0.29) is 25.8 Å². The molecule has 378 valence electrons. The van der Waals surface area contributed by atoms with Gasteiger partial charge in [0.2, 0.25) is 0 Å². The molecular weight excluding hydrogens is 806 g/mol. The van der Waals surface area contributed by atoms with Crippen molar-refractivity contribution in [3.63, 3.8) is 0 Å². The molecule has 0 heterocycles. The van der Waals surface area contributed by atoms with Crippen LogP contribution in [0, 0.1) is 0 Å². The van der Waals surface area contributed by atoms with Crippen molar-refractivity contribution in [2.24, 2.45) is 0 Å². The molecule has 63 heavy (non-hydrogen) atoms. The molecule has 0 amide bonds. The molecule has 0 saturated heterocycles. The molecule has 2 atom stereocenters. The number of nitrogens with zero attached hydrogens (tertiary/aromatic N) is 1. The van der Waals surface area contributed by atoms with Gasteiger partial charge in [0.1, 0.15) is 19.3 Å². The number of likely N-dealkylation sites (N-methyl/N-ethyl adjacent to an activating group) is 1. The molecule has 1 N–H and O–H groups in total. The van der Waals surface area contributed by atoms with Gasteiger partial charge in [0.25, 0.3) is 0 Å². The Morgan fingerprint density at radius 2 is 0.730 bits per heavy atom. The quantitative estimate of drug-likeness (QED) is 0.0281. The number of carbonyl (C=O) groups excluding carboxylic acids is 1. The highest BCUT2D eigenvalue weighted by Crippen LogP contribution is 2.43. The lowest BCUT2D eigenvalue weighted by atomic mass is 10.0. The molecule has 0 aromatic rings. The Bertz CT molecular complexity index is 976. The van der Waals surface area contributed by atoms with Crippen molar-refractivity contribution in [1.29, 1.82) is 0 Å². The number of carbonyl (C=O) groups is 1. The smallest absolute Gasteiger partial charge is 0.457 e. The van der Waals surface area contributed by atoms with Gasteiger partial charge < -0.3 is 18.9 Å². The highest BCUT2D eigenvalue weighted by molar-refractivity contribution is 7.47. The minimum Gasteiger partial charge on any atom is -0.457 e. The summed E-state index contributed by atoms with van der Waals surface area (Å²) in [5, 5.41) is 0. The summed E-state index contributed by atoms with van der Waals surface area (Å²) in [4.78, 5) is 23.0. The highest BCUT2D eigenvalue weighted by Gasteiger charge is 2.26. The zero-order valence-electron chi connectivity index (χ0n) is 43.1. The fourth-order valence-corrected chi connectivity index (χ4v) is 9.12. The molecule has 0 bridgehead atoms. The first-order valence-corrected chi connectivity index (χ1v) is 29.3. The zero-order chi connectivity index (χ0) is 46.2. The van der Waals surface area contributed by atoms with Crippen LogP contribution < -0.4 is 0 Å². The number of hydrogen-bond acceptors (Lipinski definition) is 6. The Labute approximate surface area is 393 Å². The van der Waals surface area contributed by atoms with Crippen LogP contribution in [-0.2, 0) is 27.9 Å². The van der Waals surface area contributed by atoms with E-state index >= 15 is 0 Å². The normalized spacial score (nSPS) is 13.4. The van der Waals surface area contributed by atoms with Crippen LogP contribution in [0.25, 0.3) is 0 Å². The maximum atomic E-state index is 12.8. The lowest BCUT2D eigenvalue weighted by molar-refractivity contribution is -0.870. The third-order valence-electron chi connectivity index (χ3n) is 12.7. The lowest BCUT2D eigenvalue weighted by Gasteiger charge is -2.24. The number of phosphoric acid groups is 1. The number of phosphoric ester groups is 1. The summed E-state index contributed by atoms with van der Waals surface area (Å²) in [7, 11) is 1.69. The molecule has 8 nitrogen and oxygen atoms in total. The summed E-state index contributed by atoms with van der Waals surface area (Å²) in [6.07, 6.45) is 54.4. The summed E-state index contributed by atoms with van der Waals surface area (Å²) in [6, 6.07) is 0. The van der Waals surface area contributed by atoms with E-state index in [0.717, 1.165) is 32.1 Å². The number of rotatable bonds is 53. The van der Waals surface area contributed by atoms with Gasteiger partial charge in [-0.2, -0.15) is 0 Å². The van der Waals surface area contributed by atoms with Gasteiger partial charge in [-0.25, -0.2) is 4.57 Å². The fraction of sp³-hybridized carbons (Fsp3) is 0.981. The average molecular weight is 917 g/mol. The predicted octanol–water partition coefficient (Wildman–Crippen LogP) is 17.2. The molecule has 9 heteroatoms.